The molecule has 19 heavy (non-hydrogen) atoms. The maximum atomic E-state index is 9.16. The lowest BCUT2D eigenvalue weighted by Crippen LogP contribution is -2.41. The van der Waals surface area contributed by atoms with Crippen LogP contribution in [0.25, 0.3) is 0 Å². The zero-order valence-electron chi connectivity index (χ0n) is 13.3. The maximum absolute atomic E-state index is 9.16. The summed E-state index contributed by atoms with van der Waals surface area (Å²) in [7, 11) is 2.14. The SMILES string of the molecule is Cc1ccc(C(C)C)cc1CN(C)C(C)(C)CCO. The van der Waals surface area contributed by atoms with E-state index in [1.54, 1.807) is 0 Å². The van der Waals surface area contributed by atoms with Crippen LogP contribution in [0, 0.1) is 6.92 Å². The first-order chi connectivity index (χ1) is 8.77. The molecular weight excluding hydrogens is 234 g/mol. The molecule has 1 N–H and O–H groups in total. The monoisotopic (exact) mass is 263 g/mol. The Morgan fingerprint density at radius 1 is 1.26 bits per heavy atom. The van der Waals surface area contributed by atoms with Crippen molar-refractivity contribution < 1.29 is 5.11 Å². The van der Waals surface area contributed by atoms with Crippen molar-refractivity contribution >= 4 is 0 Å². The van der Waals surface area contributed by atoms with E-state index in [4.69, 9.17) is 5.11 Å². The fourth-order valence-corrected chi connectivity index (χ4v) is 2.15. The Bertz CT molecular complexity index is 410. The van der Waals surface area contributed by atoms with Gasteiger partial charge in [-0.2, -0.15) is 0 Å². The van der Waals surface area contributed by atoms with Gasteiger partial charge in [-0.15, -0.1) is 0 Å². The largest absolute Gasteiger partial charge is 0.396 e. The van der Waals surface area contributed by atoms with E-state index in [0.29, 0.717) is 5.92 Å². The smallest absolute Gasteiger partial charge is 0.0448 e. The molecule has 1 aromatic carbocycles. The molecule has 0 aliphatic rings. The Morgan fingerprint density at radius 3 is 2.42 bits per heavy atom. The van der Waals surface area contributed by atoms with E-state index < -0.39 is 0 Å². The van der Waals surface area contributed by atoms with E-state index in [2.05, 4.69) is 64.8 Å². The summed E-state index contributed by atoms with van der Waals surface area (Å²) in [6.07, 6.45) is 0.798. The second kappa shape index (κ2) is 6.53. The molecule has 0 atom stereocenters. The normalized spacial score (nSPS) is 12.5. The highest BCUT2D eigenvalue weighted by Crippen LogP contribution is 2.23. The number of aryl methyl sites for hydroxylation is 1. The van der Waals surface area contributed by atoms with Gasteiger partial charge in [-0.25, -0.2) is 0 Å². The molecule has 0 fully saturated rings. The first kappa shape index (κ1) is 16.2. The number of aliphatic hydroxyl groups excluding tert-OH is 1. The van der Waals surface area contributed by atoms with Gasteiger partial charge in [0.2, 0.25) is 0 Å². The maximum Gasteiger partial charge on any atom is 0.0448 e. The highest BCUT2D eigenvalue weighted by atomic mass is 16.3. The van der Waals surface area contributed by atoms with Crippen molar-refractivity contribution in [1.82, 2.24) is 4.90 Å². The predicted molar refractivity (Wildman–Crippen MR) is 82.5 cm³/mol. The van der Waals surface area contributed by atoms with Crippen molar-refractivity contribution in [2.24, 2.45) is 0 Å². The van der Waals surface area contributed by atoms with Crippen LogP contribution in [0.5, 0.6) is 0 Å². The first-order valence-electron chi connectivity index (χ1n) is 7.19. The van der Waals surface area contributed by atoms with Gasteiger partial charge in [0.05, 0.1) is 0 Å². The molecule has 0 saturated carbocycles. The fourth-order valence-electron chi connectivity index (χ4n) is 2.15. The third-order valence-electron chi connectivity index (χ3n) is 4.20. The number of hydrogen-bond donors (Lipinski definition) is 1. The van der Waals surface area contributed by atoms with Crippen LogP contribution in [0.1, 0.15) is 56.7 Å². The van der Waals surface area contributed by atoms with Crippen LogP contribution in [0.4, 0.5) is 0 Å². The Morgan fingerprint density at radius 2 is 1.89 bits per heavy atom. The van der Waals surface area contributed by atoms with Crippen LogP contribution in [0.2, 0.25) is 0 Å². The van der Waals surface area contributed by atoms with E-state index >= 15 is 0 Å². The summed E-state index contributed by atoms with van der Waals surface area (Å²) in [6, 6.07) is 6.77. The molecule has 1 rings (SSSR count). The predicted octanol–water partition coefficient (Wildman–Crippen LogP) is 3.71. The van der Waals surface area contributed by atoms with Gasteiger partial charge >= 0.3 is 0 Å². The molecule has 108 valence electrons. The van der Waals surface area contributed by atoms with Crippen molar-refractivity contribution in [3.8, 4) is 0 Å². The molecule has 0 aliphatic heterocycles. The van der Waals surface area contributed by atoms with E-state index in [-0.39, 0.29) is 12.1 Å². The molecule has 0 aliphatic carbocycles. The number of aliphatic hydroxyl groups is 1. The van der Waals surface area contributed by atoms with Crippen molar-refractivity contribution in [1.29, 1.82) is 0 Å². The molecule has 0 amide bonds. The number of nitrogens with zero attached hydrogens (tertiary/aromatic N) is 1. The second-order valence-electron chi connectivity index (χ2n) is 6.48. The van der Waals surface area contributed by atoms with Gasteiger partial charge in [0.15, 0.2) is 0 Å². The minimum absolute atomic E-state index is 0.0228. The number of benzene rings is 1. The number of rotatable bonds is 6. The first-order valence-corrected chi connectivity index (χ1v) is 7.19. The van der Waals surface area contributed by atoms with Gasteiger partial charge in [-0.05, 0) is 56.8 Å². The molecule has 0 aromatic heterocycles. The van der Waals surface area contributed by atoms with Gasteiger partial charge in [0.25, 0.3) is 0 Å². The Labute approximate surface area is 118 Å². The quantitative estimate of drug-likeness (QED) is 0.845. The summed E-state index contributed by atoms with van der Waals surface area (Å²) in [6.45, 7) is 12.2. The summed E-state index contributed by atoms with van der Waals surface area (Å²) in [4.78, 5) is 2.33. The lowest BCUT2D eigenvalue weighted by atomic mass is 9.95. The molecule has 1 aromatic rings. The molecule has 2 nitrogen and oxygen atoms in total. The van der Waals surface area contributed by atoms with Crippen molar-refractivity contribution in [3.63, 3.8) is 0 Å². The van der Waals surface area contributed by atoms with E-state index in [0.717, 1.165) is 13.0 Å². The van der Waals surface area contributed by atoms with Gasteiger partial charge in [0, 0.05) is 18.7 Å². The van der Waals surface area contributed by atoms with Gasteiger partial charge in [-0.1, -0.05) is 32.0 Å². The lowest BCUT2D eigenvalue weighted by molar-refractivity contribution is 0.110. The van der Waals surface area contributed by atoms with Crippen molar-refractivity contribution in [3.05, 3.63) is 34.9 Å². The van der Waals surface area contributed by atoms with E-state index in [9.17, 15) is 0 Å². The van der Waals surface area contributed by atoms with E-state index in [1.165, 1.54) is 16.7 Å². The lowest BCUT2D eigenvalue weighted by Gasteiger charge is -2.35. The molecule has 0 heterocycles. The third kappa shape index (κ3) is 4.32. The van der Waals surface area contributed by atoms with E-state index in [1.807, 2.05) is 0 Å². The Hall–Kier alpha value is -0.860. The minimum Gasteiger partial charge on any atom is -0.396 e. The summed E-state index contributed by atoms with van der Waals surface area (Å²) in [5.74, 6) is 0.565. The van der Waals surface area contributed by atoms with Gasteiger partial charge < -0.3 is 5.11 Å². The Balaban J connectivity index is 2.89. The van der Waals surface area contributed by atoms with Crippen molar-refractivity contribution in [2.75, 3.05) is 13.7 Å². The average molecular weight is 263 g/mol. The second-order valence-corrected chi connectivity index (χ2v) is 6.48. The summed E-state index contributed by atoms with van der Waals surface area (Å²) >= 11 is 0. The molecule has 0 spiro atoms. The highest BCUT2D eigenvalue weighted by Gasteiger charge is 2.23. The van der Waals surface area contributed by atoms with Crippen molar-refractivity contribution in [2.45, 2.75) is 59.0 Å². The molecular formula is C17H29NO. The third-order valence-corrected chi connectivity index (χ3v) is 4.20. The van der Waals surface area contributed by atoms with Gasteiger partial charge in [-0.3, -0.25) is 4.90 Å². The summed E-state index contributed by atoms with van der Waals surface area (Å²) in [5, 5.41) is 9.16. The average Bonchev–Trinajstić information content (AvgIpc) is 2.31. The molecule has 0 radical (unpaired) electrons. The van der Waals surface area contributed by atoms with Gasteiger partial charge in [0.1, 0.15) is 0 Å². The molecule has 2 heteroatoms. The molecule has 0 bridgehead atoms. The zero-order chi connectivity index (χ0) is 14.6. The molecule has 0 saturated heterocycles. The number of hydrogen-bond acceptors (Lipinski definition) is 2. The highest BCUT2D eigenvalue weighted by molar-refractivity contribution is 5.32. The fraction of sp³-hybridized carbons (Fsp3) is 0.647. The zero-order valence-corrected chi connectivity index (χ0v) is 13.3. The van der Waals surface area contributed by atoms with Crippen LogP contribution in [-0.2, 0) is 6.54 Å². The van der Waals surface area contributed by atoms with Crippen LogP contribution in [0.15, 0.2) is 18.2 Å². The van der Waals surface area contributed by atoms with Crippen LogP contribution in [-0.4, -0.2) is 29.2 Å². The standard InChI is InChI=1S/C17H29NO/c1-13(2)15-8-7-14(3)16(11-15)12-18(6)17(4,5)9-10-19/h7-8,11,13,19H,9-10,12H2,1-6H3. The van der Waals surface area contributed by atoms with Crippen LogP contribution < -0.4 is 0 Å². The summed E-state index contributed by atoms with van der Waals surface area (Å²) in [5.41, 5.74) is 4.15. The van der Waals surface area contributed by atoms with Crippen LogP contribution >= 0.6 is 0 Å². The minimum atomic E-state index is 0.0228. The topological polar surface area (TPSA) is 23.5 Å². The summed E-state index contributed by atoms with van der Waals surface area (Å²) < 4.78 is 0. The Kier molecular flexibility index (Phi) is 5.57. The molecule has 0 unspecified atom stereocenters. The van der Waals surface area contributed by atoms with Crippen LogP contribution in [0.3, 0.4) is 0 Å².